The fourth-order valence-electron chi connectivity index (χ4n) is 1.51. The summed E-state index contributed by atoms with van der Waals surface area (Å²) in [6.07, 6.45) is 1.15. The van der Waals surface area contributed by atoms with Crippen LogP contribution in [-0.2, 0) is 11.2 Å². The standard InChI is InChI=1S/C13H18INO2/c1-10(5-6-16)9-15-13(17)8-11-3-2-4-12(14)7-11/h2-4,7,10,16H,5-6,8-9H2,1H3,(H,15,17). The van der Waals surface area contributed by atoms with Crippen molar-refractivity contribution in [2.24, 2.45) is 5.92 Å². The molecule has 1 atom stereocenters. The molecule has 3 nitrogen and oxygen atoms in total. The van der Waals surface area contributed by atoms with Gasteiger partial charge in [-0.2, -0.15) is 0 Å². The minimum absolute atomic E-state index is 0.0387. The minimum atomic E-state index is 0.0387. The van der Waals surface area contributed by atoms with E-state index in [4.69, 9.17) is 5.11 Å². The monoisotopic (exact) mass is 347 g/mol. The normalized spacial score (nSPS) is 12.2. The van der Waals surface area contributed by atoms with Crippen molar-refractivity contribution in [2.75, 3.05) is 13.2 Å². The highest BCUT2D eigenvalue weighted by atomic mass is 127. The first-order valence-corrected chi connectivity index (χ1v) is 6.81. The molecule has 1 unspecified atom stereocenters. The lowest BCUT2D eigenvalue weighted by atomic mass is 10.1. The molecule has 0 fully saturated rings. The fraction of sp³-hybridized carbons (Fsp3) is 0.462. The maximum atomic E-state index is 11.7. The van der Waals surface area contributed by atoms with Crippen molar-refractivity contribution >= 4 is 28.5 Å². The Labute approximate surface area is 116 Å². The van der Waals surface area contributed by atoms with Crippen molar-refractivity contribution in [1.29, 1.82) is 0 Å². The molecule has 0 aliphatic heterocycles. The zero-order valence-corrected chi connectivity index (χ0v) is 12.1. The lowest BCUT2D eigenvalue weighted by Crippen LogP contribution is -2.29. The van der Waals surface area contributed by atoms with Crippen LogP contribution in [0, 0.1) is 9.49 Å². The summed E-state index contributed by atoms with van der Waals surface area (Å²) in [5.74, 6) is 0.358. The molecule has 0 saturated carbocycles. The SMILES string of the molecule is CC(CCO)CNC(=O)Cc1cccc(I)c1. The Hall–Kier alpha value is -0.620. The Morgan fingerprint density at radius 3 is 2.94 bits per heavy atom. The minimum Gasteiger partial charge on any atom is -0.396 e. The van der Waals surface area contributed by atoms with E-state index in [1.165, 1.54) is 0 Å². The van der Waals surface area contributed by atoms with Gasteiger partial charge in [0.05, 0.1) is 6.42 Å². The number of benzene rings is 1. The number of hydrogen-bond acceptors (Lipinski definition) is 2. The van der Waals surface area contributed by atoms with Gasteiger partial charge in [0.15, 0.2) is 0 Å². The molecular formula is C13H18INO2. The average Bonchev–Trinajstić information content (AvgIpc) is 2.27. The van der Waals surface area contributed by atoms with Crippen LogP contribution in [0.1, 0.15) is 18.9 Å². The zero-order valence-electron chi connectivity index (χ0n) is 9.95. The second-order valence-electron chi connectivity index (χ2n) is 4.23. The highest BCUT2D eigenvalue weighted by Crippen LogP contribution is 2.08. The number of aliphatic hydroxyl groups excluding tert-OH is 1. The van der Waals surface area contributed by atoms with Crippen LogP contribution >= 0.6 is 22.6 Å². The molecular weight excluding hydrogens is 329 g/mol. The van der Waals surface area contributed by atoms with Crippen molar-refractivity contribution in [3.63, 3.8) is 0 Å². The van der Waals surface area contributed by atoms with Crippen molar-refractivity contribution in [1.82, 2.24) is 5.32 Å². The second kappa shape index (κ2) is 7.66. The first-order valence-electron chi connectivity index (χ1n) is 5.74. The summed E-state index contributed by atoms with van der Waals surface area (Å²) in [4.78, 5) is 11.7. The van der Waals surface area contributed by atoms with Crippen LogP contribution in [0.5, 0.6) is 0 Å². The van der Waals surface area contributed by atoms with Gasteiger partial charge in [-0.25, -0.2) is 0 Å². The van der Waals surface area contributed by atoms with E-state index in [-0.39, 0.29) is 12.5 Å². The summed E-state index contributed by atoms with van der Waals surface area (Å²) in [6.45, 7) is 2.82. The van der Waals surface area contributed by atoms with E-state index < -0.39 is 0 Å². The van der Waals surface area contributed by atoms with Gasteiger partial charge in [0.2, 0.25) is 5.91 Å². The first-order chi connectivity index (χ1) is 8.11. The molecule has 4 heteroatoms. The Morgan fingerprint density at radius 2 is 2.29 bits per heavy atom. The maximum absolute atomic E-state index is 11.7. The lowest BCUT2D eigenvalue weighted by molar-refractivity contribution is -0.120. The van der Waals surface area contributed by atoms with E-state index in [0.717, 1.165) is 15.6 Å². The second-order valence-corrected chi connectivity index (χ2v) is 5.47. The summed E-state index contributed by atoms with van der Waals surface area (Å²) in [5.41, 5.74) is 1.03. The average molecular weight is 347 g/mol. The molecule has 1 rings (SSSR count). The van der Waals surface area contributed by atoms with Crippen LogP contribution in [0.15, 0.2) is 24.3 Å². The number of nitrogens with one attached hydrogen (secondary N) is 1. The number of carbonyl (C=O) groups is 1. The number of amides is 1. The van der Waals surface area contributed by atoms with Crippen LogP contribution in [0.25, 0.3) is 0 Å². The molecule has 0 aromatic heterocycles. The van der Waals surface area contributed by atoms with Gasteiger partial charge in [0.1, 0.15) is 0 Å². The number of rotatable bonds is 6. The number of carbonyl (C=O) groups excluding carboxylic acids is 1. The molecule has 1 aromatic carbocycles. The van der Waals surface area contributed by atoms with Crippen LogP contribution in [0.4, 0.5) is 0 Å². The van der Waals surface area contributed by atoms with Crippen LogP contribution in [0.3, 0.4) is 0 Å². The number of aliphatic hydroxyl groups is 1. The molecule has 17 heavy (non-hydrogen) atoms. The van der Waals surface area contributed by atoms with E-state index in [2.05, 4.69) is 27.9 Å². The van der Waals surface area contributed by atoms with Gasteiger partial charge in [-0.1, -0.05) is 19.1 Å². The van der Waals surface area contributed by atoms with Gasteiger partial charge in [0, 0.05) is 16.7 Å². The van der Waals surface area contributed by atoms with Crippen molar-refractivity contribution in [3.8, 4) is 0 Å². The summed E-state index contributed by atoms with van der Waals surface area (Å²) in [5, 5.41) is 11.6. The van der Waals surface area contributed by atoms with Crippen LogP contribution < -0.4 is 5.32 Å². The molecule has 0 radical (unpaired) electrons. The Morgan fingerprint density at radius 1 is 1.53 bits per heavy atom. The van der Waals surface area contributed by atoms with E-state index in [1.54, 1.807) is 0 Å². The Kier molecular flexibility index (Phi) is 6.50. The van der Waals surface area contributed by atoms with Gasteiger partial charge in [-0.3, -0.25) is 4.79 Å². The van der Waals surface area contributed by atoms with Gasteiger partial charge in [-0.15, -0.1) is 0 Å². The maximum Gasteiger partial charge on any atom is 0.224 e. The van der Waals surface area contributed by atoms with E-state index in [1.807, 2.05) is 31.2 Å². The van der Waals surface area contributed by atoms with Crippen LogP contribution in [0.2, 0.25) is 0 Å². The highest BCUT2D eigenvalue weighted by Gasteiger charge is 2.06. The molecule has 1 aromatic rings. The van der Waals surface area contributed by atoms with E-state index >= 15 is 0 Å². The smallest absolute Gasteiger partial charge is 0.224 e. The molecule has 0 saturated heterocycles. The van der Waals surface area contributed by atoms with Crippen molar-refractivity contribution < 1.29 is 9.90 Å². The third kappa shape index (κ3) is 6.02. The van der Waals surface area contributed by atoms with Crippen molar-refractivity contribution in [2.45, 2.75) is 19.8 Å². The number of halogens is 1. The third-order valence-electron chi connectivity index (χ3n) is 2.52. The predicted octanol–water partition coefficient (Wildman–Crippen LogP) is 1.97. The zero-order chi connectivity index (χ0) is 12.7. The van der Waals surface area contributed by atoms with Gasteiger partial charge in [-0.05, 0) is 52.6 Å². The Balaban J connectivity index is 2.34. The largest absolute Gasteiger partial charge is 0.396 e. The molecule has 94 valence electrons. The van der Waals surface area contributed by atoms with Gasteiger partial charge >= 0.3 is 0 Å². The van der Waals surface area contributed by atoms with E-state index in [0.29, 0.717) is 18.9 Å². The molecule has 0 aliphatic rings. The molecule has 0 heterocycles. The molecule has 0 aliphatic carbocycles. The summed E-state index contributed by atoms with van der Waals surface area (Å²) in [6, 6.07) is 7.93. The topological polar surface area (TPSA) is 49.3 Å². The van der Waals surface area contributed by atoms with Crippen molar-refractivity contribution in [3.05, 3.63) is 33.4 Å². The molecule has 0 spiro atoms. The third-order valence-corrected chi connectivity index (χ3v) is 3.19. The molecule has 2 N–H and O–H groups in total. The highest BCUT2D eigenvalue weighted by molar-refractivity contribution is 14.1. The molecule has 0 bridgehead atoms. The first kappa shape index (κ1) is 14.4. The molecule has 1 amide bonds. The predicted molar refractivity (Wildman–Crippen MR) is 76.7 cm³/mol. The summed E-state index contributed by atoms with van der Waals surface area (Å²) in [7, 11) is 0. The Bertz CT molecular complexity index is 368. The summed E-state index contributed by atoms with van der Waals surface area (Å²) >= 11 is 2.24. The lowest BCUT2D eigenvalue weighted by Gasteiger charge is -2.11. The fourth-order valence-corrected chi connectivity index (χ4v) is 2.11. The van der Waals surface area contributed by atoms with E-state index in [9.17, 15) is 4.79 Å². The summed E-state index contributed by atoms with van der Waals surface area (Å²) < 4.78 is 1.14. The van der Waals surface area contributed by atoms with Gasteiger partial charge < -0.3 is 10.4 Å². The quantitative estimate of drug-likeness (QED) is 0.773. The van der Waals surface area contributed by atoms with Gasteiger partial charge in [0.25, 0.3) is 0 Å². The van der Waals surface area contributed by atoms with Crippen LogP contribution in [-0.4, -0.2) is 24.2 Å². The number of hydrogen-bond donors (Lipinski definition) is 2.